The molecule has 0 radical (unpaired) electrons. The number of benzene rings is 2. The van der Waals surface area contributed by atoms with Gasteiger partial charge >= 0.3 is 0 Å². The van der Waals surface area contributed by atoms with Crippen molar-refractivity contribution in [1.82, 2.24) is 4.98 Å². The van der Waals surface area contributed by atoms with Crippen molar-refractivity contribution in [3.8, 4) is 11.5 Å². The molecule has 2 aromatic heterocycles. The van der Waals surface area contributed by atoms with Crippen molar-refractivity contribution in [2.45, 2.75) is 23.4 Å². The summed E-state index contributed by atoms with van der Waals surface area (Å²) in [6.07, 6.45) is 1.54. The summed E-state index contributed by atoms with van der Waals surface area (Å²) in [5.74, 6) is 0.888. The second-order valence-electron chi connectivity index (χ2n) is 6.41. The van der Waals surface area contributed by atoms with Gasteiger partial charge in [0, 0.05) is 10.6 Å². The van der Waals surface area contributed by atoms with E-state index in [4.69, 9.17) is 20.4 Å². The van der Waals surface area contributed by atoms with Gasteiger partial charge in [0.25, 0.3) is 0 Å². The molecule has 0 amide bonds. The summed E-state index contributed by atoms with van der Waals surface area (Å²) < 4.78 is 37.5. The predicted molar refractivity (Wildman–Crippen MR) is 110 cm³/mol. The number of furan rings is 1. The zero-order valence-electron chi connectivity index (χ0n) is 15.4. The molecule has 0 aliphatic rings. The van der Waals surface area contributed by atoms with Crippen molar-refractivity contribution in [1.29, 1.82) is 0 Å². The normalized spacial score (nSPS) is 11.5. The molecule has 0 saturated carbocycles. The minimum absolute atomic E-state index is 0.0481. The number of hydrogen-bond donors (Lipinski definition) is 1. The molecule has 0 bridgehead atoms. The van der Waals surface area contributed by atoms with Crippen LogP contribution in [0.4, 0.5) is 5.88 Å². The predicted octanol–water partition coefficient (Wildman–Crippen LogP) is 5.34. The zero-order valence-corrected chi connectivity index (χ0v) is 17.0. The van der Waals surface area contributed by atoms with E-state index in [0.29, 0.717) is 16.3 Å². The lowest BCUT2D eigenvalue weighted by atomic mass is 10.1. The topological polar surface area (TPSA) is 85.3 Å². The Morgan fingerprint density at radius 3 is 2.41 bits per heavy atom. The lowest BCUT2D eigenvalue weighted by molar-refractivity contribution is 0.511. The zero-order chi connectivity index (χ0) is 20.4. The second kappa shape index (κ2) is 7.77. The lowest BCUT2D eigenvalue weighted by Gasteiger charge is -2.05. The SMILES string of the molecule is Cc1ccc(-c2nc(S(=O)(=O)c3ccc(Cl)cc3)c(NCc3ccco3)o2)cc1. The fourth-order valence-corrected chi connectivity index (χ4v) is 4.13. The molecular formula is C21H17ClN2O4S. The maximum atomic E-state index is 13.2. The molecule has 0 spiro atoms. The van der Waals surface area contributed by atoms with Gasteiger partial charge in [0.15, 0.2) is 0 Å². The Morgan fingerprint density at radius 1 is 1.03 bits per heavy atom. The third-order valence-corrected chi connectivity index (χ3v) is 6.21. The van der Waals surface area contributed by atoms with E-state index in [1.165, 1.54) is 24.3 Å². The third kappa shape index (κ3) is 4.06. The van der Waals surface area contributed by atoms with Gasteiger partial charge in [0.1, 0.15) is 5.76 Å². The van der Waals surface area contributed by atoms with Gasteiger partial charge in [-0.1, -0.05) is 29.3 Å². The van der Waals surface area contributed by atoms with Crippen LogP contribution in [-0.4, -0.2) is 13.4 Å². The number of nitrogens with one attached hydrogen (secondary N) is 1. The van der Waals surface area contributed by atoms with Crippen LogP contribution in [0.5, 0.6) is 0 Å². The van der Waals surface area contributed by atoms with Crippen LogP contribution in [-0.2, 0) is 16.4 Å². The van der Waals surface area contributed by atoms with Gasteiger partial charge in [-0.3, -0.25) is 0 Å². The fourth-order valence-electron chi connectivity index (χ4n) is 2.73. The average Bonchev–Trinajstić information content (AvgIpc) is 3.37. The first-order valence-electron chi connectivity index (χ1n) is 8.78. The van der Waals surface area contributed by atoms with E-state index in [0.717, 1.165) is 5.56 Å². The van der Waals surface area contributed by atoms with E-state index >= 15 is 0 Å². The van der Waals surface area contributed by atoms with Crippen LogP contribution < -0.4 is 5.32 Å². The average molecular weight is 429 g/mol. The van der Waals surface area contributed by atoms with Gasteiger partial charge in [-0.25, -0.2) is 8.42 Å². The molecule has 0 aliphatic heterocycles. The van der Waals surface area contributed by atoms with Crippen LogP contribution in [0.3, 0.4) is 0 Å². The van der Waals surface area contributed by atoms with Crippen LogP contribution >= 0.6 is 11.6 Å². The number of rotatable bonds is 6. The number of oxazole rings is 1. The van der Waals surface area contributed by atoms with Gasteiger partial charge in [0.05, 0.1) is 17.7 Å². The Labute approximate surface area is 173 Å². The van der Waals surface area contributed by atoms with E-state index in [-0.39, 0.29) is 28.2 Å². The molecule has 0 fully saturated rings. The summed E-state index contributed by atoms with van der Waals surface area (Å²) in [7, 11) is -3.93. The molecule has 0 aliphatic carbocycles. The van der Waals surface area contributed by atoms with Crippen LogP contribution in [0.15, 0.2) is 85.7 Å². The fraction of sp³-hybridized carbons (Fsp3) is 0.0952. The van der Waals surface area contributed by atoms with E-state index < -0.39 is 9.84 Å². The van der Waals surface area contributed by atoms with Crippen molar-refractivity contribution in [2.24, 2.45) is 0 Å². The van der Waals surface area contributed by atoms with Crippen molar-refractivity contribution in [3.63, 3.8) is 0 Å². The molecule has 8 heteroatoms. The van der Waals surface area contributed by atoms with Crippen LogP contribution in [0.25, 0.3) is 11.5 Å². The lowest BCUT2D eigenvalue weighted by Crippen LogP contribution is -2.07. The summed E-state index contributed by atoms with van der Waals surface area (Å²) >= 11 is 5.89. The molecule has 2 heterocycles. The Bertz CT molecular complexity index is 1210. The highest BCUT2D eigenvalue weighted by Gasteiger charge is 2.28. The number of hydrogen-bond acceptors (Lipinski definition) is 6. The first-order chi connectivity index (χ1) is 13.9. The van der Waals surface area contributed by atoms with Crippen LogP contribution in [0, 0.1) is 6.92 Å². The maximum absolute atomic E-state index is 13.2. The monoisotopic (exact) mass is 428 g/mol. The van der Waals surface area contributed by atoms with Crippen molar-refractivity contribution in [3.05, 3.63) is 83.3 Å². The number of sulfone groups is 1. The van der Waals surface area contributed by atoms with E-state index in [9.17, 15) is 8.42 Å². The highest BCUT2D eigenvalue weighted by molar-refractivity contribution is 7.91. The third-order valence-electron chi connectivity index (χ3n) is 4.28. The molecule has 2 aromatic carbocycles. The number of anilines is 1. The van der Waals surface area contributed by atoms with Crippen molar-refractivity contribution in [2.75, 3.05) is 5.32 Å². The molecule has 4 rings (SSSR count). The molecular weight excluding hydrogens is 412 g/mol. The van der Waals surface area contributed by atoms with E-state index in [1.807, 2.05) is 31.2 Å². The van der Waals surface area contributed by atoms with E-state index in [2.05, 4.69) is 10.3 Å². The summed E-state index contributed by atoms with van der Waals surface area (Å²) in [4.78, 5) is 4.38. The number of aryl methyl sites for hydroxylation is 1. The van der Waals surface area contributed by atoms with Gasteiger partial charge in [-0.2, -0.15) is 4.98 Å². The minimum Gasteiger partial charge on any atom is -0.467 e. The molecule has 1 N–H and O–H groups in total. The Morgan fingerprint density at radius 2 is 1.76 bits per heavy atom. The van der Waals surface area contributed by atoms with Crippen LogP contribution in [0.1, 0.15) is 11.3 Å². The molecule has 4 aromatic rings. The summed E-state index contributed by atoms with van der Waals surface area (Å²) in [5, 5.41) is 3.23. The standard InChI is InChI=1S/C21H17ClN2O4S/c1-14-4-6-15(7-5-14)19-24-21(20(28-19)23-13-17-3-2-12-27-17)29(25,26)18-10-8-16(22)9-11-18/h2-12,23H,13H2,1H3. The summed E-state index contributed by atoms with van der Waals surface area (Å²) in [6, 6.07) is 16.9. The quantitative estimate of drug-likeness (QED) is 0.446. The molecule has 6 nitrogen and oxygen atoms in total. The van der Waals surface area contributed by atoms with E-state index in [1.54, 1.807) is 18.4 Å². The van der Waals surface area contributed by atoms with Crippen molar-refractivity contribution >= 4 is 27.3 Å². The Kier molecular flexibility index (Phi) is 5.17. The van der Waals surface area contributed by atoms with Gasteiger partial charge in [0.2, 0.25) is 26.6 Å². The second-order valence-corrected chi connectivity index (χ2v) is 8.71. The largest absolute Gasteiger partial charge is 0.467 e. The van der Waals surface area contributed by atoms with Gasteiger partial charge < -0.3 is 14.2 Å². The first kappa shape index (κ1) is 19.3. The molecule has 0 unspecified atom stereocenters. The van der Waals surface area contributed by atoms with Crippen molar-refractivity contribution < 1.29 is 17.3 Å². The first-order valence-corrected chi connectivity index (χ1v) is 10.6. The maximum Gasteiger partial charge on any atom is 0.234 e. The number of aromatic nitrogens is 1. The number of nitrogens with zero attached hydrogens (tertiary/aromatic N) is 1. The van der Waals surface area contributed by atoms with Crippen LogP contribution in [0.2, 0.25) is 5.02 Å². The summed E-state index contributed by atoms with van der Waals surface area (Å²) in [5.41, 5.74) is 1.75. The Balaban J connectivity index is 1.77. The number of halogens is 1. The van der Waals surface area contributed by atoms with Gasteiger partial charge in [-0.15, -0.1) is 0 Å². The Hall–Kier alpha value is -3.03. The highest BCUT2D eigenvalue weighted by Crippen LogP contribution is 2.33. The minimum atomic E-state index is -3.93. The molecule has 0 atom stereocenters. The van der Waals surface area contributed by atoms with Gasteiger partial charge in [-0.05, 0) is 55.5 Å². The molecule has 148 valence electrons. The molecule has 29 heavy (non-hydrogen) atoms. The smallest absolute Gasteiger partial charge is 0.234 e. The summed E-state index contributed by atoms with van der Waals surface area (Å²) in [6.45, 7) is 2.21. The highest BCUT2D eigenvalue weighted by atomic mass is 35.5. The molecule has 0 saturated heterocycles.